The standard InChI is InChI=1S/C15H17N3OS.2ClH/c16-12-7-4-8-18(10-12)15(19)13-9-17-14(20-13)11-5-2-1-3-6-11;;/h1-3,5-6,9,12H,4,7-8,10,16H2;2*1H. The van der Waals surface area contributed by atoms with E-state index in [-0.39, 0.29) is 36.8 Å². The molecule has 1 aromatic heterocycles. The van der Waals surface area contributed by atoms with Crippen molar-refractivity contribution < 1.29 is 4.79 Å². The van der Waals surface area contributed by atoms with Crippen LogP contribution in [0.25, 0.3) is 10.6 Å². The molecule has 4 nitrogen and oxygen atoms in total. The fourth-order valence-electron chi connectivity index (χ4n) is 2.44. The largest absolute Gasteiger partial charge is 0.336 e. The van der Waals surface area contributed by atoms with Crippen molar-refractivity contribution in [2.75, 3.05) is 13.1 Å². The number of aromatic nitrogens is 1. The van der Waals surface area contributed by atoms with Crippen molar-refractivity contribution in [3.63, 3.8) is 0 Å². The summed E-state index contributed by atoms with van der Waals surface area (Å²) in [5, 5.41) is 0.884. The molecular formula is C15H19Cl2N3OS. The summed E-state index contributed by atoms with van der Waals surface area (Å²) in [6.45, 7) is 1.45. The highest BCUT2D eigenvalue weighted by Crippen LogP contribution is 2.26. The van der Waals surface area contributed by atoms with Crippen LogP contribution in [0, 0.1) is 0 Å². The summed E-state index contributed by atoms with van der Waals surface area (Å²) in [6.07, 6.45) is 3.66. The highest BCUT2D eigenvalue weighted by molar-refractivity contribution is 7.16. The lowest BCUT2D eigenvalue weighted by Gasteiger charge is -2.30. The van der Waals surface area contributed by atoms with Gasteiger partial charge in [-0.3, -0.25) is 4.79 Å². The topological polar surface area (TPSA) is 59.2 Å². The van der Waals surface area contributed by atoms with Crippen LogP contribution in [0.15, 0.2) is 36.5 Å². The summed E-state index contributed by atoms with van der Waals surface area (Å²) < 4.78 is 0. The van der Waals surface area contributed by atoms with Gasteiger partial charge in [0.25, 0.3) is 5.91 Å². The van der Waals surface area contributed by atoms with Crippen LogP contribution in [0.5, 0.6) is 0 Å². The Hall–Kier alpha value is -1.14. The number of benzene rings is 1. The summed E-state index contributed by atoms with van der Waals surface area (Å²) >= 11 is 1.45. The average Bonchev–Trinajstić information content (AvgIpc) is 2.97. The van der Waals surface area contributed by atoms with Gasteiger partial charge in [-0.15, -0.1) is 36.2 Å². The minimum absolute atomic E-state index is 0. The lowest BCUT2D eigenvalue weighted by molar-refractivity contribution is 0.0713. The van der Waals surface area contributed by atoms with E-state index in [4.69, 9.17) is 5.73 Å². The van der Waals surface area contributed by atoms with Crippen LogP contribution in [0.1, 0.15) is 22.5 Å². The van der Waals surface area contributed by atoms with Gasteiger partial charge in [0.05, 0.1) is 6.20 Å². The molecule has 0 saturated carbocycles. The lowest BCUT2D eigenvalue weighted by Crippen LogP contribution is -2.45. The van der Waals surface area contributed by atoms with Gasteiger partial charge in [0.15, 0.2) is 0 Å². The molecule has 1 aliphatic rings. The molecule has 1 atom stereocenters. The van der Waals surface area contributed by atoms with Crippen LogP contribution < -0.4 is 5.73 Å². The molecule has 2 N–H and O–H groups in total. The first-order valence-corrected chi connectivity index (χ1v) is 7.62. The fourth-order valence-corrected chi connectivity index (χ4v) is 3.33. The number of carbonyl (C=O) groups is 1. The maximum absolute atomic E-state index is 12.4. The maximum atomic E-state index is 12.4. The summed E-state index contributed by atoms with van der Waals surface area (Å²) in [4.78, 5) is 19.3. The summed E-state index contributed by atoms with van der Waals surface area (Å²) in [5.74, 6) is 0.0554. The van der Waals surface area contributed by atoms with Gasteiger partial charge >= 0.3 is 0 Å². The van der Waals surface area contributed by atoms with E-state index in [0.29, 0.717) is 11.4 Å². The van der Waals surface area contributed by atoms with Gasteiger partial charge in [0, 0.05) is 24.7 Å². The molecule has 1 aliphatic heterocycles. The molecule has 0 bridgehead atoms. The SMILES string of the molecule is Cl.Cl.NC1CCCN(C(=O)c2cnc(-c3ccccc3)s2)C1. The average molecular weight is 360 g/mol. The number of nitrogens with zero attached hydrogens (tertiary/aromatic N) is 2. The molecule has 0 aliphatic carbocycles. The van der Waals surface area contributed by atoms with E-state index >= 15 is 0 Å². The Morgan fingerprint density at radius 2 is 2.00 bits per heavy atom. The van der Waals surface area contributed by atoms with Crippen molar-refractivity contribution in [1.29, 1.82) is 0 Å². The van der Waals surface area contributed by atoms with Crippen LogP contribution >= 0.6 is 36.2 Å². The predicted octanol–water partition coefficient (Wildman–Crippen LogP) is 3.22. The Morgan fingerprint density at radius 3 is 2.68 bits per heavy atom. The van der Waals surface area contributed by atoms with E-state index in [0.717, 1.165) is 30.0 Å². The van der Waals surface area contributed by atoms with Gasteiger partial charge in [-0.1, -0.05) is 30.3 Å². The van der Waals surface area contributed by atoms with Gasteiger partial charge in [0.1, 0.15) is 9.88 Å². The number of hydrogen-bond donors (Lipinski definition) is 1. The van der Waals surface area contributed by atoms with E-state index < -0.39 is 0 Å². The number of thiazole rings is 1. The summed E-state index contributed by atoms with van der Waals surface area (Å²) in [5.41, 5.74) is 6.98. The highest BCUT2D eigenvalue weighted by Gasteiger charge is 2.23. The minimum atomic E-state index is 0. The molecule has 1 unspecified atom stereocenters. The molecule has 0 spiro atoms. The lowest BCUT2D eigenvalue weighted by atomic mass is 10.1. The van der Waals surface area contributed by atoms with Crippen LogP contribution in [-0.2, 0) is 0 Å². The second kappa shape index (κ2) is 8.48. The smallest absolute Gasteiger partial charge is 0.265 e. The van der Waals surface area contributed by atoms with Crippen molar-refractivity contribution in [3.05, 3.63) is 41.4 Å². The Balaban J connectivity index is 0.00000121. The van der Waals surface area contributed by atoms with Crippen molar-refractivity contribution >= 4 is 42.1 Å². The zero-order valence-corrected chi connectivity index (χ0v) is 14.4. The van der Waals surface area contributed by atoms with Crippen LogP contribution in [-0.4, -0.2) is 34.9 Å². The molecule has 2 heterocycles. The molecule has 1 saturated heterocycles. The third kappa shape index (κ3) is 4.20. The summed E-state index contributed by atoms with van der Waals surface area (Å²) in [6, 6.07) is 10.0. The Morgan fingerprint density at radius 1 is 1.27 bits per heavy atom. The van der Waals surface area contributed by atoms with E-state index in [1.165, 1.54) is 11.3 Å². The third-order valence-electron chi connectivity index (χ3n) is 3.48. The van der Waals surface area contributed by atoms with Crippen LogP contribution in [0.3, 0.4) is 0 Å². The van der Waals surface area contributed by atoms with Crippen molar-refractivity contribution in [3.8, 4) is 10.6 Å². The summed E-state index contributed by atoms with van der Waals surface area (Å²) in [7, 11) is 0. The molecule has 22 heavy (non-hydrogen) atoms. The number of likely N-dealkylation sites (tertiary alicyclic amines) is 1. The molecule has 0 radical (unpaired) electrons. The molecule has 1 amide bonds. The quantitative estimate of drug-likeness (QED) is 0.895. The van der Waals surface area contributed by atoms with E-state index in [2.05, 4.69) is 4.98 Å². The second-order valence-corrected chi connectivity index (χ2v) is 6.08. The molecule has 120 valence electrons. The molecular weight excluding hydrogens is 341 g/mol. The minimum Gasteiger partial charge on any atom is -0.336 e. The maximum Gasteiger partial charge on any atom is 0.265 e. The van der Waals surface area contributed by atoms with Gasteiger partial charge < -0.3 is 10.6 Å². The van der Waals surface area contributed by atoms with Gasteiger partial charge in [-0.25, -0.2) is 4.98 Å². The Bertz CT molecular complexity index is 606. The third-order valence-corrected chi connectivity index (χ3v) is 4.52. The number of nitrogens with two attached hydrogens (primary N) is 1. The fraction of sp³-hybridized carbons (Fsp3) is 0.333. The normalized spacial score (nSPS) is 17.3. The van der Waals surface area contributed by atoms with Crippen molar-refractivity contribution in [2.45, 2.75) is 18.9 Å². The van der Waals surface area contributed by atoms with E-state index in [1.54, 1.807) is 6.20 Å². The molecule has 1 fully saturated rings. The first-order chi connectivity index (χ1) is 9.74. The first-order valence-electron chi connectivity index (χ1n) is 6.80. The molecule has 7 heteroatoms. The molecule has 1 aromatic carbocycles. The highest BCUT2D eigenvalue weighted by atomic mass is 35.5. The number of rotatable bonds is 2. The number of carbonyl (C=O) groups excluding carboxylic acids is 1. The zero-order valence-electron chi connectivity index (χ0n) is 12.0. The van der Waals surface area contributed by atoms with Gasteiger partial charge in [-0.05, 0) is 12.8 Å². The van der Waals surface area contributed by atoms with Gasteiger partial charge in [0.2, 0.25) is 0 Å². The van der Waals surface area contributed by atoms with Crippen LogP contribution in [0.2, 0.25) is 0 Å². The number of piperidine rings is 1. The predicted molar refractivity (Wildman–Crippen MR) is 95.2 cm³/mol. The van der Waals surface area contributed by atoms with Crippen molar-refractivity contribution in [2.24, 2.45) is 5.73 Å². The Labute approximate surface area is 146 Å². The second-order valence-electron chi connectivity index (χ2n) is 5.05. The van der Waals surface area contributed by atoms with Crippen LogP contribution in [0.4, 0.5) is 0 Å². The number of hydrogen-bond acceptors (Lipinski definition) is 4. The van der Waals surface area contributed by atoms with Gasteiger partial charge in [-0.2, -0.15) is 0 Å². The first kappa shape index (κ1) is 18.9. The van der Waals surface area contributed by atoms with E-state index in [1.807, 2.05) is 35.2 Å². The number of halogens is 2. The van der Waals surface area contributed by atoms with E-state index in [9.17, 15) is 4.79 Å². The zero-order chi connectivity index (χ0) is 13.9. The molecule has 2 aromatic rings. The monoisotopic (exact) mass is 359 g/mol. The number of amides is 1. The molecule has 3 rings (SSSR count). The van der Waals surface area contributed by atoms with Crippen molar-refractivity contribution in [1.82, 2.24) is 9.88 Å². The Kier molecular flexibility index (Phi) is 7.29.